The van der Waals surface area contributed by atoms with Gasteiger partial charge in [0.1, 0.15) is 17.7 Å². The SMILES string of the molecule is CCCC(OC)c1ccc(OC[C@H]2C(Cl)CC(F)[C@@H]2CCCc2ccc(C(=O)O)o2)cc1. The average molecular weight is 467 g/mol. The first-order valence-electron chi connectivity index (χ1n) is 11.3. The van der Waals surface area contributed by atoms with E-state index in [0.29, 0.717) is 38.1 Å². The van der Waals surface area contributed by atoms with Crippen molar-refractivity contribution in [3.05, 3.63) is 53.5 Å². The van der Waals surface area contributed by atoms with Crippen molar-refractivity contribution in [2.75, 3.05) is 13.7 Å². The van der Waals surface area contributed by atoms with Gasteiger partial charge in [0.25, 0.3) is 0 Å². The Balaban J connectivity index is 1.53. The van der Waals surface area contributed by atoms with Gasteiger partial charge in [0.2, 0.25) is 5.76 Å². The van der Waals surface area contributed by atoms with Crippen molar-refractivity contribution in [1.29, 1.82) is 0 Å². The highest BCUT2D eigenvalue weighted by Crippen LogP contribution is 2.41. The van der Waals surface area contributed by atoms with Gasteiger partial charge in [0.05, 0.1) is 12.7 Å². The zero-order chi connectivity index (χ0) is 23.1. The number of hydrogen-bond acceptors (Lipinski definition) is 4. The Labute approximate surface area is 193 Å². The number of alkyl halides is 2. The van der Waals surface area contributed by atoms with Gasteiger partial charge in [-0.05, 0) is 61.4 Å². The monoisotopic (exact) mass is 466 g/mol. The van der Waals surface area contributed by atoms with Crippen LogP contribution in [0.5, 0.6) is 5.75 Å². The van der Waals surface area contributed by atoms with Crippen molar-refractivity contribution in [3.8, 4) is 5.75 Å². The average Bonchev–Trinajstić information content (AvgIpc) is 3.36. The lowest BCUT2D eigenvalue weighted by molar-refractivity contribution is 0.0660. The molecule has 5 nitrogen and oxygen atoms in total. The van der Waals surface area contributed by atoms with Crippen LogP contribution >= 0.6 is 11.6 Å². The first-order chi connectivity index (χ1) is 15.4. The van der Waals surface area contributed by atoms with Crippen LogP contribution in [-0.4, -0.2) is 36.3 Å². The Morgan fingerprint density at radius 1 is 1.25 bits per heavy atom. The van der Waals surface area contributed by atoms with E-state index in [4.69, 9.17) is 30.6 Å². The number of benzene rings is 1. The summed E-state index contributed by atoms with van der Waals surface area (Å²) in [7, 11) is 1.72. The van der Waals surface area contributed by atoms with Gasteiger partial charge in [0, 0.05) is 24.8 Å². The number of carboxylic acids is 1. The molecule has 1 heterocycles. The Bertz CT molecular complexity index is 852. The summed E-state index contributed by atoms with van der Waals surface area (Å²) in [6, 6.07) is 11.0. The Morgan fingerprint density at radius 3 is 2.62 bits per heavy atom. The number of halogens is 2. The highest BCUT2D eigenvalue weighted by atomic mass is 35.5. The molecule has 1 fully saturated rings. The van der Waals surface area contributed by atoms with Crippen LogP contribution in [0.4, 0.5) is 4.39 Å². The molecule has 2 aromatic rings. The number of furan rings is 1. The number of ether oxygens (including phenoxy) is 2. The summed E-state index contributed by atoms with van der Waals surface area (Å²) in [5.41, 5.74) is 1.11. The minimum Gasteiger partial charge on any atom is -0.493 e. The second-order valence-corrected chi connectivity index (χ2v) is 9.01. The van der Waals surface area contributed by atoms with E-state index < -0.39 is 12.1 Å². The third-order valence-corrected chi connectivity index (χ3v) is 6.79. The third-order valence-electron chi connectivity index (χ3n) is 6.29. The van der Waals surface area contributed by atoms with Crippen molar-refractivity contribution in [2.45, 2.75) is 63.1 Å². The standard InChI is InChI=1S/C25H32ClFO5/c1-3-5-23(30-2)16-8-10-17(11-9-16)31-15-20-19(22(27)14-21(20)26)7-4-6-18-12-13-24(32-18)25(28)29/h8-13,19-23H,3-7,14-15H2,1-2H3,(H,28,29)/t19-,20-,21?,22?,23?/m1/s1. The molecule has 32 heavy (non-hydrogen) atoms. The van der Waals surface area contributed by atoms with E-state index in [1.165, 1.54) is 6.07 Å². The molecule has 0 amide bonds. The van der Waals surface area contributed by atoms with Crippen LogP contribution in [0, 0.1) is 11.8 Å². The Kier molecular flexibility index (Phi) is 9.00. The molecule has 1 N–H and O–H groups in total. The molecule has 5 atom stereocenters. The van der Waals surface area contributed by atoms with Crippen molar-refractivity contribution < 1.29 is 28.2 Å². The van der Waals surface area contributed by atoms with Crippen LogP contribution in [0.1, 0.15) is 67.0 Å². The molecule has 0 aliphatic heterocycles. The van der Waals surface area contributed by atoms with Crippen LogP contribution in [0.25, 0.3) is 0 Å². The normalized spacial score (nSPS) is 23.9. The molecule has 1 saturated carbocycles. The molecule has 7 heteroatoms. The summed E-state index contributed by atoms with van der Waals surface area (Å²) >= 11 is 6.47. The molecular formula is C25H32ClFO5. The molecule has 1 aliphatic carbocycles. The van der Waals surface area contributed by atoms with Gasteiger partial charge in [-0.3, -0.25) is 0 Å². The molecule has 0 saturated heterocycles. The third kappa shape index (κ3) is 6.26. The molecule has 0 radical (unpaired) electrons. The zero-order valence-electron chi connectivity index (χ0n) is 18.6. The van der Waals surface area contributed by atoms with E-state index in [9.17, 15) is 9.18 Å². The summed E-state index contributed by atoms with van der Waals surface area (Å²) in [5.74, 6) is -0.0918. The van der Waals surface area contributed by atoms with Crippen LogP contribution in [-0.2, 0) is 11.2 Å². The topological polar surface area (TPSA) is 68.9 Å². The summed E-state index contributed by atoms with van der Waals surface area (Å²) in [6.45, 7) is 2.50. The van der Waals surface area contributed by atoms with Crippen LogP contribution in [0.3, 0.4) is 0 Å². The highest BCUT2D eigenvalue weighted by molar-refractivity contribution is 6.21. The van der Waals surface area contributed by atoms with Crippen molar-refractivity contribution in [3.63, 3.8) is 0 Å². The molecule has 1 aromatic carbocycles. The van der Waals surface area contributed by atoms with E-state index in [-0.39, 0.29) is 29.1 Å². The van der Waals surface area contributed by atoms with Gasteiger partial charge in [-0.25, -0.2) is 9.18 Å². The van der Waals surface area contributed by atoms with Gasteiger partial charge >= 0.3 is 5.97 Å². The minimum absolute atomic E-state index is 0.0751. The summed E-state index contributed by atoms with van der Waals surface area (Å²) in [4.78, 5) is 10.9. The fourth-order valence-electron chi connectivity index (χ4n) is 4.52. The van der Waals surface area contributed by atoms with Gasteiger partial charge in [0.15, 0.2) is 0 Å². The van der Waals surface area contributed by atoms with Crippen molar-refractivity contribution in [1.82, 2.24) is 0 Å². The summed E-state index contributed by atoms with van der Waals surface area (Å²) < 4.78 is 31.5. The van der Waals surface area contributed by atoms with E-state index >= 15 is 0 Å². The molecule has 0 bridgehead atoms. The number of carbonyl (C=O) groups is 1. The van der Waals surface area contributed by atoms with Crippen LogP contribution in [0.15, 0.2) is 40.8 Å². The summed E-state index contributed by atoms with van der Waals surface area (Å²) in [5, 5.41) is 8.68. The lowest BCUT2D eigenvalue weighted by atomic mass is 9.90. The van der Waals surface area contributed by atoms with Gasteiger partial charge in [-0.2, -0.15) is 0 Å². The Morgan fingerprint density at radius 2 is 2.00 bits per heavy atom. The number of carboxylic acid groups (broad SMARTS) is 1. The molecule has 3 unspecified atom stereocenters. The summed E-state index contributed by atoms with van der Waals surface area (Å²) in [6.07, 6.45) is 3.36. The van der Waals surface area contributed by atoms with Crippen LogP contribution < -0.4 is 4.74 Å². The predicted octanol–water partition coefficient (Wildman–Crippen LogP) is 6.45. The first kappa shape index (κ1) is 24.6. The number of rotatable bonds is 12. The van der Waals surface area contributed by atoms with E-state index in [0.717, 1.165) is 24.2 Å². The largest absolute Gasteiger partial charge is 0.493 e. The van der Waals surface area contributed by atoms with Crippen molar-refractivity contribution >= 4 is 17.6 Å². The predicted molar refractivity (Wildman–Crippen MR) is 121 cm³/mol. The second kappa shape index (κ2) is 11.7. The quantitative estimate of drug-likeness (QED) is 0.364. The number of hydrogen-bond donors (Lipinski definition) is 1. The zero-order valence-corrected chi connectivity index (χ0v) is 19.4. The maximum Gasteiger partial charge on any atom is 0.371 e. The number of methoxy groups -OCH3 is 1. The fourth-order valence-corrected chi connectivity index (χ4v) is 4.95. The van der Waals surface area contributed by atoms with Crippen molar-refractivity contribution in [2.24, 2.45) is 11.8 Å². The maximum absolute atomic E-state index is 14.6. The van der Waals surface area contributed by atoms with Gasteiger partial charge in [-0.15, -0.1) is 11.6 Å². The van der Waals surface area contributed by atoms with Gasteiger partial charge < -0.3 is 19.0 Å². The first-order valence-corrected chi connectivity index (χ1v) is 11.7. The lowest BCUT2D eigenvalue weighted by Crippen LogP contribution is -2.25. The smallest absolute Gasteiger partial charge is 0.371 e. The Hall–Kier alpha value is -2.05. The molecular weight excluding hydrogens is 435 g/mol. The number of aryl methyl sites for hydroxylation is 1. The number of aromatic carboxylic acids is 1. The van der Waals surface area contributed by atoms with Gasteiger partial charge in [-0.1, -0.05) is 25.5 Å². The molecule has 176 valence electrons. The molecule has 1 aromatic heterocycles. The van der Waals surface area contributed by atoms with Crippen LogP contribution in [0.2, 0.25) is 0 Å². The minimum atomic E-state index is -1.09. The second-order valence-electron chi connectivity index (χ2n) is 8.45. The fraction of sp³-hybridized carbons (Fsp3) is 0.560. The maximum atomic E-state index is 14.6. The molecule has 0 spiro atoms. The lowest BCUT2D eigenvalue weighted by Gasteiger charge is -2.23. The molecule has 1 aliphatic rings. The van der Waals surface area contributed by atoms with E-state index in [1.807, 2.05) is 24.3 Å². The van der Waals surface area contributed by atoms with E-state index in [1.54, 1.807) is 13.2 Å². The van der Waals surface area contributed by atoms with E-state index in [2.05, 4.69) is 6.92 Å². The molecule has 3 rings (SSSR count). The highest BCUT2D eigenvalue weighted by Gasteiger charge is 2.42.